The normalized spacial score (nSPS) is 16.3. The Labute approximate surface area is 196 Å². The third-order valence-corrected chi connectivity index (χ3v) is 9.30. The molecule has 1 aliphatic heterocycles. The Morgan fingerprint density at radius 2 is 1.61 bits per heavy atom. The number of rotatable bonds is 3. The second-order valence-electron chi connectivity index (χ2n) is 8.34. The first-order valence-corrected chi connectivity index (χ1v) is 13.4. The van der Waals surface area contributed by atoms with E-state index in [-0.39, 0.29) is 10.8 Å². The van der Waals surface area contributed by atoms with Crippen molar-refractivity contribution in [1.29, 1.82) is 0 Å². The van der Waals surface area contributed by atoms with Crippen LogP contribution >= 0.6 is 11.3 Å². The average Bonchev–Trinajstić information content (AvgIpc) is 3.00. The minimum absolute atomic E-state index is 0.222. The van der Waals surface area contributed by atoms with Gasteiger partial charge in [0.05, 0.1) is 15.1 Å². The summed E-state index contributed by atoms with van der Waals surface area (Å²) >= 11 is 1.48. The van der Waals surface area contributed by atoms with E-state index in [0.717, 1.165) is 46.7 Å². The van der Waals surface area contributed by atoms with Crippen molar-refractivity contribution >= 4 is 48.3 Å². The first kappa shape index (κ1) is 22.0. The number of hydrogen-bond acceptors (Lipinski definition) is 4. The number of aryl methyl sites for hydroxylation is 1. The highest BCUT2D eigenvalue weighted by Crippen LogP contribution is 2.27. The van der Waals surface area contributed by atoms with Crippen LogP contribution in [-0.2, 0) is 17.1 Å². The summed E-state index contributed by atoms with van der Waals surface area (Å²) in [5.41, 5.74) is 1.39. The predicted octanol–water partition coefficient (Wildman–Crippen LogP) is 4.70. The first-order chi connectivity index (χ1) is 15.9. The van der Waals surface area contributed by atoms with E-state index < -0.39 is 10.0 Å². The zero-order chi connectivity index (χ0) is 23.0. The molecule has 8 heteroatoms. The molecule has 0 spiro atoms. The number of thiazole rings is 1. The minimum atomic E-state index is -3.54. The van der Waals surface area contributed by atoms with Gasteiger partial charge < -0.3 is 4.57 Å². The molecule has 6 nitrogen and oxygen atoms in total. The van der Waals surface area contributed by atoms with Crippen LogP contribution in [0, 0.1) is 0 Å². The number of benzene rings is 3. The Bertz CT molecular complexity index is 1510. The van der Waals surface area contributed by atoms with Gasteiger partial charge in [-0.15, -0.1) is 0 Å². The molecule has 3 aromatic carbocycles. The monoisotopic (exact) mass is 479 g/mol. The smallest absolute Gasteiger partial charge is 0.279 e. The highest BCUT2D eigenvalue weighted by atomic mass is 32.2. The number of nitrogens with zero attached hydrogens (tertiary/aromatic N) is 3. The Balaban J connectivity index is 1.46. The van der Waals surface area contributed by atoms with Crippen LogP contribution in [0.2, 0.25) is 0 Å². The van der Waals surface area contributed by atoms with Crippen molar-refractivity contribution in [3.8, 4) is 0 Å². The second-order valence-corrected chi connectivity index (χ2v) is 11.3. The van der Waals surface area contributed by atoms with Crippen LogP contribution in [0.3, 0.4) is 0 Å². The Morgan fingerprint density at radius 3 is 2.33 bits per heavy atom. The zero-order valence-electron chi connectivity index (χ0n) is 18.4. The van der Waals surface area contributed by atoms with Crippen LogP contribution < -0.4 is 4.80 Å². The maximum Gasteiger partial charge on any atom is 0.279 e. The average molecular weight is 480 g/mol. The SMILES string of the molecule is Cn1c(=NC(=O)c2ccc(S(=O)(=O)N3CCCCCC3)cc2)sc2c3ccccc3ccc21. The first-order valence-electron chi connectivity index (χ1n) is 11.1. The van der Waals surface area contributed by atoms with E-state index in [4.69, 9.17) is 0 Å². The van der Waals surface area contributed by atoms with E-state index in [1.54, 1.807) is 16.4 Å². The van der Waals surface area contributed by atoms with Crippen LogP contribution in [0.4, 0.5) is 0 Å². The summed E-state index contributed by atoms with van der Waals surface area (Å²) < 4.78 is 30.5. The number of amides is 1. The van der Waals surface area contributed by atoms with Gasteiger partial charge in [0.1, 0.15) is 0 Å². The number of carbonyl (C=O) groups is 1. The molecule has 0 N–H and O–H groups in total. The van der Waals surface area contributed by atoms with E-state index in [0.29, 0.717) is 23.5 Å². The molecule has 0 atom stereocenters. The van der Waals surface area contributed by atoms with Crippen molar-refractivity contribution in [3.63, 3.8) is 0 Å². The van der Waals surface area contributed by atoms with Crippen LogP contribution in [0.1, 0.15) is 36.0 Å². The lowest BCUT2D eigenvalue weighted by molar-refractivity contribution is 0.0998. The van der Waals surface area contributed by atoms with Gasteiger partial charge >= 0.3 is 0 Å². The van der Waals surface area contributed by atoms with Gasteiger partial charge in [-0.2, -0.15) is 9.30 Å². The molecule has 1 aromatic heterocycles. The molecule has 0 saturated carbocycles. The molecule has 1 fully saturated rings. The minimum Gasteiger partial charge on any atom is -0.319 e. The van der Waals surface area contributed by atoms with Crippen LogP contribution in [0.15, 0.2) is 70.6 Å². The number of aromatic nitrogens is 1. The molecular formula is C25H25N3O3S2. The molecule has 0 radical (unpaired) electrons. The maximum atomic E-state index is 13.0. The summed E-state index contributed by atoms with van der Waals surface area (Å²) in [5.74, 6) is -0.389. The number of hydrogen-bond donors (Lipinski definition) is 0. The summed E-state index contributed by atoms with van der Waals surface area (Å²) in [5, 5.41) is 2.28. The van der Waals surface area contributed by atoms with Gasteiger partial charge in [-0.3, -0.25) is 4.79 Å². The van der Waals surface area contributed by atoms with Crippen LogP contribution in [0.25, 0.3) is 21.0 Å². The molecule has 170 valence electrons. The zero-order valence-corrected chi connectivity index (χ0v) is 20.0. The quantitative estimate of drug-likeness (QED) is 0.428. The van der Waals surface area contributed by atoms with Crippen molar-refractivity contribution in [2.24, 2.45) is 12.0 Å². The van der Waals surface area contributed by atoms with Gasteiger partial charge in [0, 0.05) is 31.1 Å². The van der Waals surface area contributed by atoms with E-state index in [1.807, 2.05) is 29.8 Å². The molecule has 1 aliphatic rings. The van der Waals surface area contributed by atoms with Crippen molar-refractivity contribution < 1.29 is 13.2 Å². The number of fused-ring (bicyclic) bond motifs is 3. The molecule has 5 rings (SSSR count). The summed E-state index contributed by atoms with van der Waals surface area (Å²) in [7, 11) is -1.64. The lowest BCUT2D eigenvalue weighted by Crippen LogP contribution is -2.31. The molecular weight excluding hydrogens is 454 g/mol. The fourth-order valence-corrected chi connectivity index (χ4v) is 6.98. The lowest BCUT2D eigenvalue weighted by Gasteiger charge is -2.19. The number of carbonyl (C=O) groups excluding carboxylic acids is 1. The van der Waals surface area contributed by atoms with Gasteiger partial charge in [0.25, 0.3) is 5.91 Å². The molecule has 1 amide bonds. The standard InChI is InChI=1S/C25H25N3O3S2/c1-27-22-15-12-18-8-4-5-9-21(18)23(22)32-25(27)26-24(29)19-10-13-20(14-11-19)33(30,31)28-16-6-2-3-7-17-28/h4-5,8-15H,2-3,6-7,16-17H2,1H3. The molecule has 0 unspecified atom stereocenters. The van der Waals surface area contributed by atoms with E-state index in [1.165, 1.54) is 23.5 Å². The lowest BCUT2D eigenvalue weighted by atomic mass is 10.1. The predicted molar refractivity (Wildman–Crippen MR) is 132 cm³/mol. The fraction of sp³-hybridized carbons (Fsp3) is 0.280. The van der Waals surface area contributed by atoms with Crippen molar-refractivity contribution in [3.05, 3.63) is 71.0 Å². The van der Waals surface area contributed by atoms with Gasteiger partial charge in [-0.05, 0) is 48.6 Å². The highest BCUT2D eigenvalue weighted by molar-refractivity contribution is 7.89. The summed E-state index contributed by atoms with van der Waals surface area (Å²) in [6.45, 7) is 1.10. The molecule has 1 saturated heterocycles. The fourth-order valence-electron chi connectivity index (χ4n) is 4.32. The highest BCUT2D eigenvalue weighted by Gasteiger charge is 2.25. The maximum absolute atomic E-state index is 13.0. The second kappa shape index (κ2) is 8.85. The molecule has 2 heterocycles. The van der Waals surface area contributed by atoms with E-state index in [9.17, 15) is 13.2 Å². The molecule has 0 bridgehead atoms. The number of sulfonamides is 1. The van der Waals surface area contributed by atoms with E-state index in [2.05, 4.69) is 23.2 Å². The molecule has 4 aromatic rings. The van der Waals surface area contributed by atoms with Crippen LogP contribution in [-0.4, -0.2) is 36.3 Å². The van der Waals surface area contributed by atoms with Gasteiger partial charge in [-0.1, -0.05) is 54.5 Å². The molecule has 33 heavy (non-hydrogen) atoms. The van der Waals surface area contributed by atoms with Crippen LogP contribution in [0.5, 0.6) is 0 Å². The van der Waals surface area contributed by atoms with Crippen molar-refractivity contribution in [2.75, 3.05) is 13.1 Å². The third kappa shape index (κ3) is 4.14. The van der Waals surface area contributed by atoms with E-state index >= 15 is 0 Å². The summed E-state index contributed by atoms with van der Waals surface area (Å²) in [6.07, 6.45) is 3.89. The van der Waals surface area contributed by atoms with Gasteiger partial charge in [0.15, 0.2) is 4.80 Å². The third-order valence-electron chi connectivity index (χ3n) is 6.20. The Hall–Kier alpha value is -2.81. The molecule has 0 aliphatic carbocycles. The van der Waals surface area contributed by atoms with Crippen molar-refractivity contribution in [1.82, 2.24) is 8.87 Å². The van der Waals surface area contributed by atoms with Gasteiger partial charge in [0.2, 0.25) is 10.0 Å². The summed E-state index contributed by atoms with van der Waals surface area (Å²) in [4.78, 5) is 18.1. The van der Waals surface area contributed by atoms with Gasteiger partial charge in [-0.25, -0.2) is 8.42 Å². The topological polar surface area (TPSA) is 71.7 Å². The van der Waals surface area contributed by atoms with Crippen molar-refractivity contribution in [2.45, 2.75) is 30.6 Å². The largest absolute Gasteiger partial charge is 0.319 e. The summed E-state index contributed by atoms with van der Waals surface area (Å²) in [6, 6.07) is 18.4. The Kier molecular flexibility index (Phi) is 5.90. The Morgan fingerprint density at radius 1 is 0.909 bits per heavy atom.